The van der Waals surface area contributed by atoms with Crippen LogP contribution < -0.4 is 15.7 Å². The largest absolute Gasteiger partial charge is 0.497 e. The predicted molar refractivity (Wildman–Crippen MR) is 93.2 cm³/mol. The molecule has 0 spiro atoms. The number of ether oxygens (including phenoxy) is 1. The van der Waals surface area contributed by atoms with Crippen LogP contribution in [0.15, 0.2) is 57.7 Å². The van der Waals surface area contributed by atoms with E-state index in [0.29, 0.717) is 17.9 Å². The highest BCUT2D eigenvalue weighted by molar-refractivity contribution is 5.81. The molecule has 128 valence electrons. The first-order valence-electron chi connectivity index (χ1n) is 8.21. The van der Waals surface area contributed by atoms with Crippen molar-refractivity contribution in [2.24, 2.45) is 0 Å². The maximum atomic E-state index is 13.5. The number of rotatable bonds is 5. The lowest BCUT2D eigenvalue weighted by Gasteiger charge is -2.18. The smallest absolute Gasteiger partial charge is 0.336 e. The van der Waals surface area contributed by atoms with Crippen molar-refractivity contribution in [2.75, 3.05) is 7.11 Å². The second kappa shape index (κ2) is 6.01. The molecule has 1 fully saturated rings. The average molecular weight is 339 g/mol. The summed E-state index contributed by atoms with van der Waals surface area (Å²) in [7, 11) is 1.57. The summed E-state index contributed by atoms with van der Waals surface area (Å²) in [6.07, 6.45) is 1.90. The molecule has 1 aliphatic carbocycles. The molecule has 4 nitrogen and oxygen atoms in total. The standard InChI is InChI=1S/C20H18FNO3/c1-24-16-5-6-17-13(9-19(23)25-18(17)11-16)12-22-20(7-8-20)14-3-2-4-15(21)10-14/h2-6,9-11,22H,7-8,12H2,1H3. The zero-order valence-corrected chi connectivity index (χ0v) is 13.8. The van der Waals surface area contributed by atoms with Crippen molar-refractivity contribution in [1.29, 1.82) is 0 Å². The van der Waals surface area contributed by atoms with Gasteiger partial charge in [-0.2, -0.15) is 0 Å². The number of benzene rings is 2. The van der Waals surface area contributed by atoms with Gasteiger partial charge in [0.25, 0.3) is 0 Å². The highest BCUT2D eigenvalue weighted by atomic mass is 19.1. The fourth-order valence-corrected chi connectivity index (χ4v) is 3.23. The lowest BCUT2D eigenvalue weighted by molar-refractivity contribution is 0.414. The summed E-state index contributed by atoms with van der Waals surface area (Å²) >= 11 is 0. The Hall–Kier alpha value is -2.66. The van der Waals surface area contributed by atoms with Crippen LogP contribution in [0.5, 0.6) is 5.75 Å². The van der Waals surface area contributed by atoms with Gasteiger partial charge in [0.15, 0.2) is 0 Å². The van der Waals surface area contributed by atoms with Gasteiger partial charge in [0.05, 0.1) is 7.11 Å². The summed E-state index contributed by atoms with van der Waals surface area (Å²) in [5, 5.41) is 4.36. The van der Waals surface area contributed by atoms with E-state index >= 15 is 0 Å². The quantitative estimate of drug-likeness (QED) is 0.720. The number of nitrogens with one attached hydrogen (secondary N) is 1. The maximum absolute atomic E-state index is 13.5. The fourth-order valence-electron chi connectivity index (χ4n) is 3.23. The van der Waals surface area contributed by atoms with Crippen LogP contribution in [0, 0.1) is 5.82 Å². The average Bonchev–Trinajstić information content (AvgIpc) is 3.40. The molecule has 1 heterocycles. The van der Waals surface area contributed by atoms with Crippen molar-refractivity contribution in [3.63, 3.8) is 0 Å². The van der Waals surface area contributed by atoms with E-state index in [-0.39, 0.29) is 11.4 Å². The van der Waals surface area contributed by atoms with E-state index in [4.69, 9.17) is 9.15 Å². The van der Waals surface area contributed by atoms with Crippen molar-refractivity contribution in [2.45, 2.75) is 24.9 Å². The third-order valence-corrected chi connectivity index (χ3v) is 4.78. The molecule has 0 radical (unpaired) electrons. The minimum absolute atomic E-state index is 0.211. The Morgan fingerprint density at radius 3 is 2.76 bits per heavy atom. The summed E-state index contributed by atoms with van der Waals surface area (Å²) < 4.78 is 24.0. The molecule has 5 heteroatoms. The Morgan fingerprint density at radius 1 is 1.20 bits per heavy atom. The Kier molecular flexibility index (Phi) is 3.81. The molecule has 0 saturated heterocycles. The van der Waals surface area contributed by atoms with E-state index in [1.54, 1.807) is 25.3 Å². The van der Waals surface area contributed by atoms with Gasteiger partial charge in [-0.1, -0.05) is 12.1 Å². The predicted octanol–water partition coefficient (Wildman–Crippen LogP) is 3.72. The van der Waals surface area contributed by atoms with Gasteiger partial charge in [-0.3, -0.25) is 0 Å². The number of hydrogen-bond donors (Lipinski definition) is 1. The van der Waals surface area contributed by atoms with E-state index in [9.17, 15) is 9.18 Å². The lowest BCUT2D eigenvalue weighted by Crippen LogP contribution is -2.28. The van der Waals surface area contributed by atoms with Crippen LogP contribution in [0.3, 0.4) is 0 Å². The molecule has 25 heavy (non-hydrogen) atoms. The molecular weight excluding hydrogens is 321 g/mol. The number of methoxy groups -OCH3 is 1. The normalized spacial score (nSPS) is 15.3. The third-order valence-electron chi connectivity index (χ3n) is 4.78. The van der Waals surface area contributed by atoms with Gasteiger partial charge in [-0.25, -0.2) is 9.18 Å². The molecule has 3 aromatic rings. The van der Waals surface area contributed by atoms with Gasteiger partial charge in [0.2, 0.25) is 0 Å². The summed E-state index contributed by atoms with van der Waals surface area (Å²) in [5.74, 6) is 0.405. The van der Waals surface area contributed by atoms with Gasteiger partial charge < -0.3 is 14.5 Å². The van der Waals surface area contributed by atoms with Gasteiger partial charge in [0, 0.05) is 29.6 Å². The third kappa shape index (κ3) is 3.03. The van der Waals surface area contributed by atoms with E-state index < -0.39 is 5.63 Å². The maximum Gasteiger partial charge on any atom is 0.336 e. The van der Waals surface area contributed by atoms with Crippen molar-refractivity contribution in [3.05, 3.63) is 75.9 Å². The molecule has 0 unspecified atom stereocenters. The van der Waals surface area contributed by atoms with E-state index in [1.165, 1.54) is 12.1 Å². The molecule has 0 bridgehead atoms. The fraction of sp³-hybridized carbons (Fsp3) is 0.250. The first-order valence-corrected chi connectivity index (χ1v) is 8.21. The Bertz CT molecular complexity index is 992. The highest BCUT2D eigenvalue weighted by Gasteiger charge is 2.43. The Labute approximate surface area is 144 Å². The molecule has 1 aromatic heterocycles. The number of fused-ring (bicyclic) bond motifs is 1. The van der Waals surface area contributed by atoms with Crippen molar-refractivity contribution >= 4 is 11.0 Å². The topological polar surface area (TPSA) is 51.5 Å². The molecule has 1 aliphatic rings. The molecule has 1 N–H and O–H groups in total. The first-order chi connectivity index (χ1) is 12.1. The monoisotopic (exact) mass is 339 g/mol. The molecule has 1 saturated carbocycles. The van der Waals surface area contributed by atoms with Crippen LogP contribution in [0.1, 0.15) is 24.0 Å². The van der Waals surface area contributed by atoms with Gasteiger partial charge in [-0.15, -0.1) is 0 Å². The van der Waals surface area contributed by atoms with Gasteiger partial charge in [-0.05, 0) is 48.2 Å². The van der Waals surface area contributed by atoms with Crippen LogP contribution in [0.4, 0.5) is 4.39 Å². The second-order valence-corrected chi connectivity index (χ2v) is 6.40. The lowest BCUT2D eigenvalue weighted by atomic mass is 10.0. The molecule has 0 atom stereocenters. The Morgan fingerprint density at radius 2 is 2.04 bits per heavy atom. The minimum Gasteiger partial charge on any atom is -0.497 e. The molecule has 2 aromatic carbocycles. The van der Waals surface area contributed by atoms with Crippen LogP contribution in [-0.4, -0.2) is 7.11 Å². The van der Waals surface area contributed by atoms with Crippen molar-refractivity contribution in [3.8, 4) is 5.75 Å². The first kappa shape index (κ1) is 15.8. The summed E-state index contributed by atoms with van der Waals surface area (Å²) in [5.41, 5.74) is 1.70. The molecule has 4 rings (SSSR count). The zero-order chi connectivity index (χ0) is 17.4. The number of hydrogen-bond acceptors (Lipinski definition) is 4. The summed E-state index contributed by atoms with van der Waals surface area (Å²) in [6.45, 7) is 0.505. The number of halogens is 1. The van der Waals surface area contributed by atoms with Gasteiger partial charge in [0.1, 0.15) is 17.1 Å². The minimum atomic E-state index is -0.395. The van der Waals surface area contributed by atoms with Gasteiger partial charge >= 0.3 is 5.63 Å². The van der Waals surface area contributed by atoms with Crippen molar-refractivity contribution < 1.29 is 13.5 Å². The molecule has 0 aliphatic heterocycles. The second-order valence-electron chi connectivity index (χ2n) is 6.40. The van der Waals surface area contributed by atoms with Crippen LogP contribution >= 0.6 is 0 Å². The van der Waals surface area contributed by atoms with Crippen LogP contribution in [0.2, 0.25) is 0 Å². The highest BCUT2D eigenvalue weighted by Crippen LogP contribution is 2.45. The molecule has 0 amide bonds. The SMILES string of the molecule is COc1ccc2c(CNC3(c4cccc(F)c4)CC3)cc(=O)oc2c1. The Balaban J connectivity index is 1.64. The van der Waals surface area contributed by atoms with Crippen LogP contribution in [-0.2, 0) is 12.1 Å². The summed E-state index contributed by atoms with van der Waals surface area (Å²) in [4.78, 5) is 11.9. The zero-order valence-electron chi connectivity index (χ0n) is 13.8. The van der Waals surface area contributed by atoms with Crippen molar-refractivity contribution in [1.82, 2.24) is 5.32 Å². The van der Waals surface area contributed by atoms with E-state index in [0.717, 1.165) is 29.4 Å². The molecular formula is C20H18FNO3. The van der Waals surface area contributed by atoms with E-state index in [2.05, 4.69) is 5.32 Å². The summed E-state index contributed by atoms with van der Waals surface area (Å²) in [6, 6.07) is 13.6. The van der Waals surface area contributed by atoms with E-state index in [1.807, 2.05) is 18.2 Å². The van der Waals surface area contributed by atoms with Crippen LogP contribution in [0.25, 0.3) is 11.0 Å².